The molecule has 0 saturated heterocycles. The van der Waals surface area contributed by atoms with Crippen molar-refractivity contribution in [3.63, 3.8) is 0 Å². The molecule has 0 bridgehead atoms. The summed E-state index contributed by atoms with van der Waals surface area (Å²) in [5, 5.41) is 24.2. The van der Waals surface area contributed by atoms with Gasteiger partial charge in [-0.1, -0.05) is 0 Å². The second-order valence-electron chi connectivity index (χ2n) is 8.99. The van der Waals surface area contributed by atoms with Gasteiger partial charge in [0, 0.05) is 16.7 Å². The molecule has 3 aromatic carbocycles. The van der Waals surface area contributed by atoms with Crippen molar-refractivity contribution in [3.05, 3.63) is 77.9 Å². The van der Waals surface area contributed by atoms with E-state index in [-0.39, 0.29) is 40.4 Å². The first kappa shape index (κ1) is 24.7. The van der Waals surface area contributed by atoms with E-state index in [1.165, 1.54) is 36.4 Å². The Bertz CT molecular complexity index is 1400. The number of halogens is 6. The Hall–Kier alpha value is -3.95. The summed E-state index contributed by atoms with van der Waals surface area (Å²) in [7, 11) is 0. The lowest BCUT2D eigenvalue weighted by Gasteiger charge is -2.28. The summed E-state index contributed by atoms with van der Waals surface area (Å²) in [4.78, 5) is 0. The van der Waals surface area contributed by atoms with Crippen molar-refractivity contribution in [2.24, 2.45) is 0 Å². The summed E-state index contributed by atoms with van der Waals surface area (Å²) in [6.07, 6.45) is -7.63. The van der Waals surface area contributed by atoms with Crippen LogP contribution in [0.3, 0.4) is 0 Å². The van der Waals surface area contributed by atoms with E-state index in [1.54, 1.807) is 16.8 Å². The second-order valence-corrected chi connectivity index (χ2v) is 8.99. The summed E-state index contributed by atoms with van der Waals surface area (Å²) < 4.78 is 84.1. The molecular weight excluding hydrogens is 498 g/mol. The van der Waals surface area contributed by atoms with Crippen molar-refractivity contribution in [1.29, 1.82) is 0 Å². The van der Waals surface area contributed by atoms with E-state index in [2.05, 4.69) is 0 Å². The van der Waals surface area contributed by atoms with E-state index >= 15 is 0 Å². The van der Waals surface area contributed by atoms with Crippen molar-refractivity contribution < 1.29 is 36.6 Å². The molecule has 5 rings (SSSR count). The molecule has 0 spiro atoms. The van der Waals surface area contributed by atoms with E-state index in [9.17, 15) is 36.6 Å². The van der Waals surface area contributed by atoms with Crippen molar-refractivity contribution in [2.75, 3.05) is 0 Å². The molecule has 0 atom stereocenters. The summed E-state index contributed by atoms with van der Waals surface area (Å²) in [6.45, 7) is 0. The van der Waals surface area contributed by atoms with Gasteiger partial charge in [-0.25, -0.2) is 0 Å². The maximum atomic E-state index is 13.7. The number of alkyl halides is 6. The molecule has 1 saturated carbocycles. The Kier molecular flexibility index (Phi) is 5.92. The standard InChI is InChI=1S/C27H20F6N2O2/c28-26(29,30)18-12-17(13-19(14-18)27(31,32)33)23-24(15-4-8-21(36)9-5-15)34-35(20-2-1-3-20)25(23)16-6-10-22(37)11-7-16/h4-14,20,36-37H,1-3H2. The molecule has 1 aliphatic carbocycles. The fraction of sp³-hybridized carbons (Fsp3) is 0.222. The lowest BCUT2D eigenvalue weighted by Crippen LogP contribution is -2.19. The molecule has 4 nitrogen and oxygen atoms in total. The number of hydrogen-bond donors (Lipinski definition) is 2. The Morgan fingerprint density at radius 3 is 1.59 bits per heavy atom. The molecule has 0 amide bonds. The zero-order valence-corrected chi connectivity index (χ0v) is 19.1. The van der Waals surface area contributed by atoms with Crippen molar-refractivity contribution in [3.8, 4) is 45.1 Å². The average molecular weight is 518 g/mol. The minimum Gasteiger partial charge on any atom is -0.508 e. The fourth-order valence-corrected chi connectivity index (χ4v) is 4.42. The van der Waals surface area contributed by atoms with Crippen LogP contribution in [0, 0.1) is 0 Å². The van der Waals surface area contributed by atoms with Gasteiger partial charge in [-0.2, -0.15) is 31.4 Å². The highest BCUT2D eigenvalue weighted by Gasteiger charge is 2.38. The van der Waals surface area contributed by atoms with Gasteiger partial charge in [0.25, 0.3) is 0 Å². The molecule has 10 heteroatoms. The highest BCUT2D eigenvalue weighted by atomic mass is 19.4. The van der Waals surface area contributed by atoms with Crippen LogP contribution < -0.4 is 0 Å². The molecule has 0 unspecified atom stereocenters. The molecule has 0 radical (unpaired) electrons. The summed E-state index contributed by atoms with van der Waals surface area (Å²) in [5.41, 5.74) is -1.63. The molecule has 2 N–H and O–H groups in total. The molecule has 4 aromatic rings. The average Bonchev–Trinajstić information content (AvgIpc) is 3.17. The molecular formula is C27H20F6N2O2. The highest BCUT2D eigenvalue weighted by Crippen LogP contribution is 2.47. The zero-order valence-electron chi connectivity index (χ0n) is 19.1. The Morgan fingerprint density at radius 2 is 1.16 bits per heavy atom. The predicted molar refractivity (Wildman–Crippen MR) is 125 cm³/mol. The van der Waals surface area contributed by atoms with Crippen LogP contribution in [-0.2, 0) is 12.4 Å². The maximum Gasteiger partial charge on any atom is 0.416 e. The number of phenolic OH excluding ortho intramolecular Hbond substituents is 2. The number of aromatic nitrogens is 2. The first-order valence-corrected chi connectivity index (χ1v) is 11.4. The highest BCUT2D eigenvalue weighted by molar-refractivity contribution is 5.92. The number of benzene rings is 3. The molecule has 1 heterocycles. The maximum absolute atomic E-state index is 13.7. The number of nitrogens with zero attached hydrogens (tertiary/aromatic N) is 2. The third-order valence-corrected chi connectivity index (χ3v) is 6.49. The van der Waals surface area contributed by atoms with E-state index in [0.717, 1.165) is 19.3 Å². The van der Waals surface area contributed by atoms with Crippen LogP contribution >= 0.6 is 0 Å². The summed E-state index contributed by atoms with van der Waals surface area (Å²) >= 11 is 0. The lowest BCUT2D eigenvalue weighted by molar-refractivity contribution is -0.143. The second kappa shape index (κ2) is 8.86. The van der Waals surface area contributed by atoms with Gasteiger partial charge < -0.3 is 10.2 Å². The van der Waals surface area contributed by atoms with Crippen LogP contribution in [0.1, 0.15) is 36.4 Å². The quantitative estimate of drug-likeness (QED) is 0.269. The molecule has 1 aromatic heterocycles. The fourth-order valence-electron chi connectivity index (χ4n) is 4.42. The van der Waals surface area contributed by atoms with Gasteiger partial charge in [0.15, 0.2) is 0 Å². The van der Waals surface area contributed by atoms with Crippen LogP contribution in [0.4, 0.5) is 26.3 Å². The molecule has 0 aliphatic heterocycles. The van der Waals surface area contributed by atoms with Gasteiger partial charge in [-0.05, 0) is 91.6 Å². The first-order chi connectivity index (χ1) is 17.4. The topological polar surface area (TPSA) is 58.3 Å². The largest absolute Gasteiger partial charge is 0.508 e. The van der Waals surface area contributed by atoms with Crippen LogP contribution in [0.2, 0.25) is 0 Å². The molecule has 192 valence electrons. The summed E-state index contributed by atoms with van der Waals surface area (Å²) in [6, 6.07) is 13.0. The van der Waals surface area contributed by atoms with E-state index in [4.69, 9.17) is 5.10 Å². The van der Waals surface area contributed by atoms with E-state index in [1.807, 2.05) is 0 Å². The van der Waals surface area contributed by atoms with Gasteiger partial charge in [-0.3, -0.25) is 4.68 Å². The molecule has 1 fully saturated rings. The van der Waals surface area contributed by atoms with E-state index in [0.29, 0.717) is 29.0 Å². The van der Waals surface area contributed by atoms with Gasteiger partial charge in [0.05, 0.1) is 22.9 Å². The zero-order chi connectivity index (χ0) is 26.5. The number of hydrogen-bond acceptors (Lipinski definition) is 3. The Morgan fingerprint density at radius 1 is 0.676 bits per heavy atom. The van der Waals surface area contributed by atoms with Crippen LogP contribution in [0.15, 0.2) is 66.7 Å². The first-order valence-electron chi connectivity index (χ1n) is 11.4. The van der Waals surface area contributed by atoms with Crippen molar-refractivity contribution in [1.82, 2.24) is 9.78 Å². The Balaban J connectivity index is 1.88. The monoisotopic (exact) mass is 518 g/mol. The normalized spacial score (nSPS) is 14.5. The van der Waals surface area contributed by atoms with Crippen molar-refractivity contribution >= 4 is 0 Å². The van der Waals surface area contributed by atoms with Gasteiger partial charge in [0.1, 0.15) is 17.2 Å². The number of aromatic hydroxyl groups is 2. The van der Waals surface area contributed by atoms with Gasteiger partial charge >= 0.3 is 12.4 Å². The molecule has 1 aliphatic rings. The molecule has 37 heavy (non-hydrogen) atoms. The van der Waals surface area contributed by atoms with Crippen molar-refractivity contribution in [2.45, 2.75) is 37.7 Å². The number of rotatable bonds is 4. The third kappa shape index (κ3) is 4.75. The van der Waals surface area contributed by atoms with Gasteiger partial charge in [-0.15, -0.1) is 0 Å². The number of phenols is 2. The lowest BCUT2D eigenvalue weighted by atomic mass is 9.90. The smallest absolute Gasteiger partial charge is 0.416 e. The van der Waals surface area contributed by atoms with Crippen LogP contribution in [0.25, 0.3) is 33.6 Å². The SMILES string of the molecule is Oc1ccc(-c2nn(C3CCC3)c(-c3ccc(O)cc3)c2-c2cc(C(F)(F)F)cc(C(F)(F)F)c2)cc1. The Labute approximate surface area is 207 Å². The minimum absolute atomic E-state index is 0.0443. The minimum atomic E-state index is -5.02. The van der Waals surface area contributed by atoms with Gasteiger partial charge in [0.2, 0.25) is 0 Å². The predicted octanol–water partition coefficient (Wildman–Crippen LogP) is 8.06. The van der Waals surface area contributed by atoms with Crippen LogP contribution in [0.5, 0.6) is 11.5 Å². The van der Waals surface area contributed by atoms with E-state index < -0.39 is 23.5 Å². The third-order valence-electron chi connectivity index (χ3n) is 6.49. The summed E-state index contributed by atoms with van der Waals surface area (Å²) in [5.74, 6) is -0.0990. The van der Waals surface area contributed by atoms with Crippen LogP contribution in [-0.4, -0.2) is 20.0 Å².